The summed E-state index contributed by atoms with van der Waals surface area (Å²) in [5.41, 5.74) is 0.387. The summed E-state index contributed by atoms with van der Waals surface area (Å²) in [6.07, 6.45) is 2.59. The van der Waals surface area contributed by atoms with E-state index in [1.165, 1.54) is 6.92 Å². The Bertz CT molecular complexity index is 542. The number of benzene rings is 1. The second-order valence-electron chi connectivity index (χ2n) is 4.44. The number of hydrogen-bond donors (Lipinski definition) is 3. The van der Waals surface area contributed by atoms with Crippen LogP contribution in [0.15, 0.2) is 30.5 Å². The third kappa shape index (κ3) is 2.31. The molecule has 0 saturated heterocycles. The van der Waals surface area contributed by atoms with Crippen molar-refractivity contribution >= 4 is 16.9 Å². The van der Waals surface area contributed by atoms with Crippen molar-refractivity contribution in [1.29, 1.82) is 0 Å². The molecule has 90 valence electrons. The van der Waals surface area contributed by atoms with Gasteiger partial charge in [0.05, 0.1) is 0 Å². The lowest BCUT2D eigenvalue weighted by molar-refractivity contribution is -0.157. The molecule has 0 fully saturated rings. The molecule has 4 nitrogen and oxygen atoms in total. The van der Waals surface area contributed by atoms with Gasteiger partial charge in [-0.1, -0.05) is 18.2 Å². The van der Waals surface area contributed by atoms with Gasteiger partial charge >= 0.3 is 5.97 Å². The Morgan fingerprint density at radius 3 is 2.82 bits per heavy atom. The second kappa shape index (κ2) is 4.22. The third-order valence-electron chi connectivity index (χ3n) is 3.02. The summed E-state index contributed by atoms with van der Waals surface area (Å²) in [5, 5.41) is 19.6. The average molecular weight is 233 g/mol. The van der Waals surface area contributed by atoms with Crippen LogP contribution in [-0.2, 0) is 11.2 Å². The summed E-state index contributed by atoms with van der Waals surface area (Å²) in [4.78, 5) is 13.9. The van der Waals surface area contributed by atoms with Crippen LogP contribution in [-0.4, -0.2) is 26.8 Å². The fourth-order valence-electron chi connectivity index (χ4n) is 1.82. The lowest BCUT2D eigenvalue weighted by atomic mass is 9.97. The first-order chi connectivity index (χ1) is 8.00. The molecule has 1 aromatic heterocycles. The smallest absolute Gasteiger partial charge is 0.335 e. The van der Waals surface area contributed by atoms with E-state index in [-0.39, 0.29) is 6.42 Å². The molecule has 17 heavy (non-hydrogen) atoms. The standard InChI is InChI=1S/C13H15NO3/c1-13(17,12(15)16)7-6-9-8-14-11-5-3-2-4-10(9)11/h2-5,8,14,17H,6-7H2,1H3,(H,15,16). The largest absolute Gasteiger partial charge is 0.479 e. The first-order valence-corrected chi connectivity index (χ1v) is 5.51. The van der Waals surface area contributed by atoms with Gasteiger partial charge in [0, 0.05) is 17.1 Å². The molecule has 0 saturated carbocycles. The highest BCUT2D eigenvalue weighted by atomic mass is 16.4. The van der Waals surface area contributed by atoms with Crippen molar-refractivity contribution in [2.24, 2.45) is 0 Å². The maximum absolute atomic E-state index is 10.8. The first kappa shape index (κ1) is 11.7. The van der Waals surface area contributed by atoms with Gasteiger partial charge in [0.2, 0.25) is 0 Å². The predicted octanol–water partition coefficient (Wildman–Crippen LogP) is 1.94. The van der Waals surface area contributed by atoms with Crippen LogP contribution in [0.25, 0.3) is 10.9 Å². The summed E-state index contributed by atoms with van der Waals surface area (Å²) in [6, 6.07) is 7.83. The number of aryl methyl sites for hydroxylation is 1. The van der Waals surface area contributed by atoms with Gasteiger partial charge in [-0.25, -0.2) is 4.79 Å². The van der Waals surface area contributed by atoms with Crippen molar-refractivity contribution in [3.8, 4) is 0 Å². The van der Waals surface area contributed by atoms with Gasteiger partial charge in [-0.2, -0.15) is 0 Å². The van der Waals surface area contributed by atoms with Gasteiger partial charge in [-0.15, -0.1) is 0 Å². The fraction of sp³-hybridized carbons (Fsp3) is 0.308. The molecule has 3 N–H and O–H groups in total. The van der Waals surface area contributed by atoms with E-state index < -0.39 is 11.6 Å². The highest BCUT2D eigenvalue weighted by Crippen LogP contribution is 2.21. The number of H-pyrrole nitrogens is 1. The second-order valence-corrected chi connectivity index (χ2v) is 4.44. The van der Waals surface area contributed by atoms with Gasteiger partial charge in [-0.05, 0) is 31.4 Å². The Kier molecular flexibility index (Phi) is 2.90. The number of hydrogen-bond acceptors (Lipinski definition) is 2. The molecule has 0 amide bonds. The molecule has 0 radical (unpaired) electrons. The number of aromatic nitrogens is 1. The zero-order valence-corrected chi connectivity index (χ0v) is 9.60. The van der Waals surface area contributed by atoms with Gasteiger partial charge in [-0.3, -0.25) is 0 Å². The molecule has 0 aliphatic rings. The topological polar surface area (TPSA) is 73.3 Å². The zero-order chi connectivity index (χ0) is 12.5. The lowest BCUT2D eigenvalue weighted by Gasteiger charge is -2.17. The number of aromatic amines is 1. The van der Waals surface area contributed by atoms with E-state index in [0.717, 1.165) is 16.5 Å². The molecule has 0 aliphatic carbocycles. The molecular formula is C13H15NO3. The first-order valence-electron chi connectivity index (χ1n) is 5.51. The Morgan fingerprint density at radius 2 is 2.12 bits per heavy atom. The van der Waals surface area contributed by atoms with Crippen molar-refractivity contribution in [1.82, 2.24) is 4.98 Å². The SMILES string of the molecule is CC(O)(CCc1c[nH]c2ccccc12)C(=O)O. The number of carboxylic acid groups (broad SMARTS) is 1. The molecule has 0 aliphatic heterocycles. The summed E-state index contributed by atoms with van der Waals surface area (Å²) in [5.74, 6) is -1.18. The normalized spacial score (nSPS) is 14.7. The molecule has 1 atom stereocenters. The predicted molar refractivity (Wildman–Crippen MR) is 64.9 cm³/mol. The quantitative estimate of drug-likeness (QED) is 0.755. The molecule has 0 spiro atoms. The number of aliphatic carboxylic acids is 1. The van der Waals surface area contributed by atoms with Crippen molar-refractivity contribution in [3.05, 3.63) is 36.0 Å². The third-order valence-corrected chi connectivity index (χ3v) is 3.02. The van der Waals surface area contributed by atoms with E-state index in [1.54, 1.807) is 0 Å². The molecule has 1 aromatic carbocycles. The Morgan fingerprint density at radius 1 is 1.41 bits per heavy atom. The van der Waals surface area contributed by atoms with E-state index in [0.29, 0.717) is 6.42 Å². The van der Waals surface area contributed by atoms with Gasteiger partial charge < -0.3 is 15.2 Å². The van der Waals surface area contributed by atoms with Gasteiger partial charge in [0.15, 0.2) is 5.60 Å². The van der Waals surface area contributed by atoms with Crippen LogP contribution in [0, 0.1) is 0 Å². The van der Waals surface area contributed by atoms with Crippen molar-refractivity contribution < 1.29 is 15.0 Å². The summed E-state index contributed by atoms with van der Waals surface area (Å²) in [7, 11) is 0. The minimum atomic E-state index is -1.67. The van der Waals surface area contributed by atoms with Crippen LogP contribution in [0.2, 0.25) is 0 Å². The van der Waals surface area contributed by atoms with Crippen LogP contribution in [0.4, 0.5) is 0 Å². The molecule has 1 heterocycles. The maximum atomic E-state index is 10.8. The molecule has 0 bridgehead atoms. The highest BCUT2D eigenvalue weighted by molar-refractivity contribution is 5.83. The maximum Gasteiger partial charge on any atom is 0.335 e. The zero-order valence-electron chi connectivity index (χ0n) is 9.60. The van der Waals surface area contributed by atoms with E-state index >= 15 is 0 Å². The molecule has 1 unspecified atom stereocenters. The van der Waals surface area contributed by atoms with Gasteiger partial charge in [0.25, 0.3) is 0 Å². The van der Waals surface area contributed by atoms with Crippen molar-refractivity contribution in [2.45, 2.75) is 25.4 Å². The lowest BCUT2D eigenvalue weighted by Crippen LogP contribution is -2.35. The van der Waals surface area contributed by atoms with E-state index in [2.05, 4.69) is 4.98 Å². The average Bonchev–Trinajstić information content (AvgIpc) is 2.69. The minimum Gasteiger partial charge on any atom is -0.479 e. The van der Waals surface area contributed by atoms with E-state index in [1.807, 2.05) is 30.5 Å². The molecule has 2 aromatic rings. The number of carboxylic acids is 1. The molecule has 2 rings (SSSR count). The van der Waals surface area contributed by atoms with Crippen LogP contribution >= 0.6 is 0 Å². The van der Waals surface area contributed by atoms with E-state index in [4.69, 9.17) is 5.11 Å². The van der Waals surface area contributed by atoms with Crippen molar-refractivity contribution in [3.63, 3.8) is 0 Å². The number of aliphatic hydroxyl groups is 1. The van der Waals surface area contributed by atoms with Crippen LogP contribution < -0.4 is 0 Å². The summed E-state index contributed by atoms with van der Waals surface area (Å²) >= 11 is 0. The molecular weight excluding hydrogens is 218 g/mol. The summed E-state index contributed by atoms with van der Waals surface area (Å²) in [6.45, 7) is 1.32. The Hall–Kier alpha value is -1.81. The van der Waals surface area contributed by atoms with Crippen molar-refractivity contribution in [2.75, 3.05) is 0 Å². The monoisotopic (exact) mass is 233 g/mol. The number of nitrogens with one attached hydrogen (secondary N) is 1. The Labute approximate surface area is 98.9 Å². The number of rotatable bonds is 4. The fourth-order valence-corrected chi connectivity index (χ4v) is 1.82. The number of para-hydroxylation sites is 1. The Balaban J connectivity index is 2.17. The highest BCUT2D eigenvalue weighted by Gasteiger charge is 2.29. The van der Waals surface area contributed by atoms with Crippen LogP contribution in [0.5, 0.6) is 0 Å². The molecule has 4 heteroatoms. The van der Waals surface area contributed by atoms with E-state index in [9.17, 15) is 9.90 Å². The van der Waals surface area contributed by atoms with Crippen LogP contribution in [0.3, 0.4) is 0 Å². The number of carbonyl (C=O) groups is 1. The minimum absolute atomic E-state index is 0.199. The summed E-state index contributed by atoms with van der Waals surface area (Å²) < 4.78 is 0. The number of fused-ring (bicyclic) bond motifs is 1. The van der Waals surface area contributed by atoms with Gasteiger partial charge in [0.1, 0.15) is 0 Å². The van der Waals surface area contributed by atoms with Crippen LogP contribution in [0.1, 0.15) is 18.9 Å².